The first-order valence-electron chi connectivity index (χ1n) is 4.19. The van der Waals surface area contributed by atoms with Crippen molar-refractivity contribution in [3.63, 3.8) is 0 Å². The third-order valence-electron chi connectivity index (χ3n) is 2.03. The summed E-state index contributed by atoms with van der Waals surface area (Å²) in [7, 11) is 0. The summed E-state index contributed by atoms with van der Waals surface area (Å²) in [4.78, 5) is 0. The number of nitrogens with two attached hydrogens (primary N) is 1. The van der Waals surface area contributed by atoms with E-state index >= 15 is 0 Å². The zero-order chi connectivity index (χ0) is 10.1. The summed E-state index contributed by atoms with van der Waals surface area (Å²) in [6, 6.07) is 6.92. The van der Waals surface area contributed by atoms with Crippen LogP contribution in [0.3, 0.4) is 0 Å². The molecule has 1 aromatic heterocycles. The zero-order valence-electron chi connectivity index (χ0n) is 7.69. The lowest BCUT2D eigenvalue weighted by atomic mass is 10.1. The lowest BCUT2D eigenvalue weighted by Crippen LogP contribution is -1.79. The summed E-state index contributed by atoms with van der Waals surface area (Å²) in [5.41, 5.74) is 7.63. The predicted octanol–water partition coefficient (Wildman–Crippen LogP) is 1.94. The van der Waals surface area contributed by atoms with E-state index in [1.807, 2.05) is 19.1 Å². The standard InChI is InChI=1S/C10H10N2O2/c1-6-2-3-7(4-9(6)13)8-5-10(11)14-12-8/h2-5,13H,11H2,1H3. The lowest BCUT2D eigenvalue weighted by Gasteiger charge is -1.99. The molecule has 0 atom stereocenters. The monoisotopic (exact) mass is 190 g/mol. The Morgan fingerprint density at radius 3 is 2.71 bits per heavy atom. The first kappa shape index (κ1) is 8.62. The van der Waals surface area contributed by atoms with Crippen LogP contribution in [0.15, 0.2) is 28.8 Å². The normalized spacial score (nSPS) is 10.4. The van der Waals surface area contributed by atoms with Crippen LogP contribution in [-0.2, 0) is 0 Å². The van der Waals surface area contributed by atoms with Crippen molar-refractivity contribution in [2.24, 2.45) is 0 Å². The summed E-state index contributed by atoms with van der Waals surface area (Å²) >= 11 is 0. The van der Waals surface area contributed by atoms with Crippen LogP contribution < -0.4 is 5.73 Å². The molecule has 3 N–H and O–H groups in total. The lowest BCUT2D eigenvalue weighted by molar-refractivity contribution is 0.439. The van der Waals surface area contributed by atoms with E-state index in [1.54, 1.807) is 12.1 Å². The number of anilines is 1. The highest BCUT2D eigenvalue weighted by Gasteiger charge is 2.05. The molecule has 0 unspecified atom stereocenters. The smallest absolute Gasteiger partial charge is 0.222 e. The van der Waals surface area contributed by atoms with E-state index in [1.165, 1.54) is 0 Å². The van der Waals surface area contributed by atoms with Crippen molar-refractivity contribution in [3.8, 4) is 17.0 Å². The van der Waals surface area contributed by atoms with Crippen molar-refractivity contribution in [2.75, 3.05) is 5.73 Å². The maximum atomic E-state index is 9.48. The molecule has 0 aliphatic carbocycles. The number of hydrogen-bond donors (Lipinski definition) is 2. The van der Waals surface area contributed by atoms with Crippen molar-refractivity contribution < 1.29 is 9.63 Å². The van der Waals surface area contributed by atoms with Gasteiger partial charge in [-0.2, -0.15) is 0 Å². The molecule has 0 spiro atoms. The fourth-order valence-electron chi connectivity index (χ4n) is 1.19. The van der Waals surface area contributed by atoms with Gasteiger partial charge in [0.25, 0.3) is 0 Å². The predicted molar refractivity (Wildman–Crippen MR) is 52.8 cm³/mol. The zero-order valence-corrected chi connectivity index (χ0v) is 7.69. The molecule has 2 aromatic rings. The van der Waals surface area contributed by atoms with Gasteiger partial charge in [0.15, 0.2) is 0 Å². The average Bonchev–Trinajstić information content (AvgIpc) is 2.57. The number of nitrogen functional groups attached to an aromatic ring is 1. The minimum absolute atomic E-state index is 0.240. The van der Waals surface area contributed by atoms with E-state index in [0.29, 0.717) is 5.69 Å². The van der Waals surface area contributed by atoms with Gasteiger partial charge in [-0.15, -0.1) is 0 Å². The second-order valence-electron chi connectivity index (χ2n) is 3.12. The molecule has 0 aliphatic rings. The minimum Gasteiger partial charge on any atom is -0.508 e. The summed E-state index contributed by atoms with van der Waals surface area (Å²) in [6.45, 7) is 1.83. The fraction of sp³-hybridized carbons (Fsp3) is 0.100. The van der Waals surface area contributed by atoms with Crippen LogP contribution in [0.1, 0.15) is 5.56 Å². The Morgan fingerprint density at radius 2 is 2.14 bits per heavy atom. The van der Waals surface area contributed by atoms with Crippen molar-refractivity contribution in [2.45, 2.75) is 6.92 Å². The van der Waals surface area contributed by atoms with Gasteiger partial charge >= 0.3 is 0 Å². The van der Waals surface area contributed by atoms with E-state index in [4.69, 9.17) is 10.3 Å². The molecule has 0 aliphatic heterocycles. The van der Waals surface area contributed by atoms with Crippen LogP contribution >= 0.6 is 0 Å². The van der Waals surface area contributed by atoms with Crippen LogP contribution in [0.5, 0.6) is 5.75 Å². The van der Waals surface area contributed by atoms with E-state index in [0.717, 1.165) is 11.1 Å². The van der Waals surface area contributed by atoms with Gasteiger partial charge in [-0.05, 0) is 18.6 Å². The molecular formula is C10H10N2O2. The number of phenols is 1. The molecule has 72 valence electrons. The molecule has 2 rings (SSSR count). The molecule has 4 nitrogen and oxygen atoms in total. The van der Waals surface area contributed by atoms with E-state index in [2.05, 4.69) is 5.16 Å². The van der Waals surface area contributed by atoms with Crippen LogP contribution in [-0.4, -0.2) is 10.3 Å². The topological polar surface area (TPSA) is 72.3 Å². The van der Waals surface area contributed by atoms with Gasteiger partial charge in [0.2, 0.25) is 5.88 Å². The van der Waals surface area contributed by atoms with Gasteiger partial charge in [0, 0.05) is 11.6 Å². The summed E-state index contributed by atoms with van der Waals surface area (Å²) in [5.74, 6) is 0.504. The van der Waals surface area contributed by atoms with Crippen LogP contribution in [0.25, 0.3) is 11.3 Å². The molecule has 1 aromatic carbocycles. The fourth-order valence-corrected chi connectivity index (χ4v) is 1.19. The summed E-state index contributed by atoms with van der Waals surface area (Å²) in [5, 5.41) is 13.2. The Bertz CT molecular complexity index is 463. The molecule has 14 heavy (non-hydrogen) atoms. The minimum atomic E-state index is 0.240. The Kier molecular flexibility index (Phi) is 1.89. The highest BCUT2D eigenvalue weighted by atomic mass is 16.5. The molecule has 4 heteroatoms. The quantitative estimate of drug-likeness (QED) is 0.720. The van der Waals surface area contributed by atoms with Crippen LogP contribution in [0.4, 0.5) is 5.88 Å². The Balaban J connectivity index is 2.47. The molecule has 0 fully saturated rings. The van der Waals surface area contributed by atoms with E-state index in [9.17, 15) is 5.11 Å². The van der Waals surface area contributed by atoms with Gasteiger partial charge in [-0.25, -0.2) is 0 Å². The Morgan fingerprint density at radius 1 is 1.36 bits per heavy atom. The molecule has 0 radical (unpaired) electrons. The van der Waals surface area contributed by atoms with Gasteiger partial charge in [0.05, 0.1) is 0 Å². The number of aryl methyl sites for hydroxylation is 1. The summed E-state index contributed by atoms with van der Waals surface area (Å²) < 4.78 is 4.74. The highest BCUT2D eigenvalue weighted by Crippen LogP contribution is 2.25. The average molecular weight is 190 g/mol. The molecular weight excluding hydrogens is 180 g/mol. The molecule has 0 saturated carbocycles. The highest BCUT2D eigenvalue weighted by molar-refractivity contribution is 5.63. The third kappa shape index (κ3) is 1.42. The SMILES string of the molecule is Cc1ccc(-c2cc(N)on2)cc1O. The number of benzene rings is 1. The maximum absolute atomic E-state index is 9.48. The molecule has 0 bridgehead atoms. The number of aromatic hydroxyl groups is 1. The molecule has 0 saturated heterocycles. The third-order valence-corrected chi connectivity index (χ3v) is 2.03. The number of nitrogens with zero attached hydrogens (tertiary/aromatic N) is 1. The second kappa shape index (κ2) is 3.06. The van der Waals surface area contributed by atoms with Crippen molar-refractivity contribution in [1.29, 1.82) is 0 Å². The number of phenolic OH excluding ortho intramolecular Hbond substituents is 1. The van der Waals surface area contributed by atoms with Gasteiger partial charge in [-0.1, -0.05) is 17.3 Å². The van der Waals surface area contributed by atoms with E-state index < -0.39 is 0 Å². The number of aromatic nitrogens is 1. The van der Waals surface area contributed by atoms with Crippen molar-refractivity contribution in [3.05, 3.63) is 29.8 Å². The van der Waals surface area contributed by atoms with Crippen molar-refractivity contribution >= 4 is 5.88 Å². The van der Waals surface area contributed by atoms with E-state index in [-0.39, 0.29) is 11.6 Å². The van der Waals surface area contributed by atoms with Crippen LogP contribution in [0.2, 0.25) is 0 Å². The van der Waals surface area contributed by atoms with Gasteiger partial charge in [0.1, 0.15) is 11.4 Å². The first-order chi connectivity index (χ1) is 6.66. The van der Waals surface area contributed by atoms with Gasteiger partial charge < -0.3 is 15.4 Å². The second-order valence-corrected chi connectivity index (χ2v) is 3.12. The molecule has 1 heterocycles. The largest absolute Gasteiger partial charge is 0.508 e. The van der Waals surface area contributed by atoms with Gasteiger partial charge in [-0.3, -0.25) is 0 Å². The first-order valence-corrected chi connectivity index (χ1v) is 4.19. The Labute approximate surface area is 81.0 Å². The number of hydrogen-bond acceptors (Lipinski definition) is 4. The van der Waals surface area contributed by atoms with Crippen molar-refractivity contribution in [1.82, 2.24) is 5.16 Å². The van der Waals surface area contributed by atoms with Crippen LogP contribution in [0, 0.1) is 6.92 Å². The summed E-state index contributed by atoms with van der Waals surface area (Å²) in [6.07, 6.45) is 0. The molecule has 0 amide bonds. The Hall–Kier alpha value is -1.97. The number of rotatable bonds is 1. The maximum Gasteiger partial charge on any atom is 0.222 e.